The van der Waals surface area contributed by atoms with Crippen LogP contribution in [-0.2, 0) is 6.54 Å². The Labute approximate surface area is 115 Å². The van der Waals surface area contributed by atoms with E-state index in [1.807, 2.05) is 13.0 Å². The summed E-state index contributed by atoms with van der Waals surface area (Å²) >= 11 is 0. The summed E-state index contributed by atoms with van der Waals surface area (Å²) in [5.74, 6) is -1.78. The van der Waals surface area contributed by atoms with Gasteiger partial charge in [-0.15, -0.1) is 0 Å². The van der Waals surface area contributed by atoms with Gasteiger partial charge in [0, 0.05) is 24.6 Å². The first-order valence-electron chi connectivity index (χ1n) is 5.94. The van der Waals surface area contributed by atoms with E-state index >= 15 is 0 Å². The van der Waals surface area contributed by atoms with E-state index in [0.29, 0.717) is 6.54 Å². The summed E-state index contributed by atoms with van der Waals surface area (Å²) in [6.45, 7) is 2.26. The van der Waals surface area contributed by atoms with Crippen molar-refractivity contribution in [3.8, 4) is 0 Å². The molecule has 1 aromatic carbocycles. The van der Waals surface area contributed by atoms with Gasteiger partial charge in [0.15, 0.2) is 0 Å². The number of rotatable bonds is 4. The minimum atomic E-state index is -1.19. The Kier molecular flexibility index (Phi) is 3.84. The van der Waals surface area contributed by atoms with E-state index in [0.717, 1.165) is 17.2 Å². The Morgan fingerprint density at radius 2 is 2.25 bits per heavy atom. The van der Waals surface area contributed by atoms with Crippen LogP contribution in [-0.4, -0.2) is 16.1 Å². The molecule has 2 rings (SSSR count). The molecule has 0 amide bonds. The minimum absolute atomic E-state index is 0.0971. The molecule has 0 saturated carbocycles. The highest BCUT2D eigenvalue weighted by molar-refractivity contribution is 5.94. The Morgan fingerprint density at radius 1 is 1.50 bits per heavy atom. The summed E-state index contributed by atoms with van der Waals surface area (Å²) in [4.78, 5) is 15.0. The largest absolute Gasteiger partial charge is 0.478 e. The summed E-state index contributed by atoms with van der Waals surface area (Å²) in [5, 5.41) is 11.8. The van der Waals surface area contributed by atoms with Crippen LogP contribution in [0.25, 0.3) is 0 Å². The minimum Gasteiger partial charge on any atom is -0.478 e. The van der Waals surface area contributed by atoms with Crippen molar-refractivity contribution in [3.63, 3.8) is 0 Å². The zero-order valence-corrected chi connectivity index (χ0v) is 10.9. The second-order valence-corrected chi connectivity index (χ2v) is 4.38. The zero-order valence-electron chi connectivity index (χ0n) is 10.9. The predicted molar refractivity (Wildman–Crippen MR) is 74.1 cm³/mol. The molecule has 0 aliphatic rings. The number of carboxylic acids is 1. The van der Waals surface area contributed by atoms with Gasteiger partial charge in [-0.1, -0.05) is 0 Å². The lowest BCUT2D eigenvalue weighted by atomic mass is 10.1. The number of nitrogens with two attached hydrogens (primary N) is 1. The molecule has 0 fully saturated rings. The molecule has 6 heteroatoms. The van der Waals surface area contributed by atoms with E-state index < -0.39 is 11.8 Å². The standard InChI is InChI=1S/C14H14FN3O2/c1-8-2-3-17-6-9(8)7-18-13-4-10(14(19)20)12(16)5-11(13)15/h2-6,18H,7,16H2,1H3,(H,19,20). The van der Waals surface area contributed by atoms with Gasteiger partial charge in [-0.05, 0) is 36.2 Å². The summed E-state index contributed by atoms with van der Waals surface area (Å²) < 4.78 is 13.7. The fourth-order valence-electron chi connectivity index (χ4n) is 1.78. The molecule has 0 spiro atoms. The lowest BCUT2D eigenvalue weighted by Gasteiger charge is -2.11. The SMILES string of the molecule is Cc1ccncc1CNc1cc(C(=O)O)c(N)cc1F. The van der Waals surface area contributed by atoms with Crippen molar-refractivity contribution in [1.82, 2.24) is 4.98 Å². The van der Waals surface area contributed by atoms with Crippen LogP contribution in [0.3, 0.4) is 0 Å². The highest BCUT2D eigenvalue weighted by Gasteiger charge is 2.13. The molecule has 0 atom stereocenters. The monoisotopic (exact) mass is 275 g/mol. The van der Waals surface area contributed by atoms with Gasteiger partial charge in [0.25, 0.3) is 0 Å². The summed E-state index contributed by atoms with van der Waals surface area (Å²) in [6, 6.07) is 4.04. The number of benzene rings is 1. The van der Waals surface area contributed by atoms with E-state index in [1.54, 1.807) is 12.4 Å². The van der Waals surface area contributed by atoms with Crippen LogP contribution >= 0.6 is 0 Å². The van der Waals surface area contributed by atoms with E-state index in [9.17, 15) is 9.18 Å². The second-order valence-electron chi connectivity index (χ2n) is 4.38. The molecule has 0 bridgehead atoms. The van der Waals surface area contributed by atoms with Gasteiger partial charge in [-0.25, -0.2) is 9.18 Å². The predicted octanol–water partition coefficient (Wildman–Crippen LogP) is 2.42. The first-order valence-corrected chi connectivity index (χ1v) is 5.94. The fraction of sp³-hybridized carbons (Fsp3) is 0.143. The maximum absolute atomic E-state index is 13.7. The van der Waals surface area contributed by atoms with Crippen LogP contribution < -0.4 is 11.1 Å². The summed E-state index contributed by atoms with van der Waals surface area (Å²) in [5.41, 5.74) is 7.25. The molecule has 1 heterocycles. The average Bonchev–Trinajstić information content (AvgIpc) is 2.39. The lowest BCUT2D eigenvalue weighted by molar-refractivity contribution is 0.0698. The van der Waals surface area contributed by atoms with Crippen LogP contribution in [0.15, 0.2) is 30.6 Å². The third kappa shape index (κ3) is 2.85. The third-order valence-electron chi connectivity index (χ3n) is 2.99. The van der Waals surface area contributed by atoms with Crippen LogP contribution in [0.4, 0.5) is 15.8 Å². The summed E-state index contributed by atoms with van der Waals surface area (Å²) in [7, 11) is 0. The van der Waals surface area contributed by atoms with E-state index in [-0.39, 0.29) is 16.9 Å². The number of aryl methyl sites for hydroxylation is 1. The summed E-state index contributed by atoms with van der Waals surface area (Å²) in [6.07, 6.45) is 3.35. The molecular formula is C14H14FN3O2. The number of hydrogen-bond acceptors (Lipinski definition) is 4. The average molecular weight is 275 g/mol. The van der Waals surface area contributed by atoms with Crippen molar-refractivity contribution in [2.45, 2.75) is 13.5 Å². The molecule has 1 aromatic heterocycles. The molecule has 20 heavy (non-hydrogen) atoms. The molecule has 0 unspecified atom stereocenters. The fourth-order valence-corrected chi connectivity index (χ4v) is 1.78. The number of nitrogens with one attached hydrogen (secondary N) is 1. The van der Waals surface area contributed by atoms with E-state index in [1.165, 1.54) is 6.07 Å². The van der Waals surface area contributed by atoms with Crippen molar-refractivity contribution in [2.75, 3.05) is 11.1 Å². The highest BCUT2D eigenvalue weighted by atomic mass is 19.1. The van der Waals surface area contributed by atoms with Crippen LogP contribution in [0.1, 0.15) is 21.5 Å². The number of carboxylic acid groups (broad SMARTS) is 1. The van der Waals surface area contributed by atoms with Gasteiger partial charge >= 0.3 is 5.97 Å². The molecule has 2 aromatic rings. The van der Waals surface area contributed by atoms with Crippen molar-refractivity contribution in [3.05, 3.63) is 53.1 Å². The third-order valence-corrected chi connectivity index (χ3v) is 2.99. The number of anilines is 2. The second kappa shape index (κ2) is 5.56. The molecule has 104 valence electrons. The van der Waals surface area contributed by atoms with Gasteiger partial charge in [-0.3, -0.25) is 4.98 Å². The number of carbonyl (C=O) groups is 1. The Morgan fingerprint density at radius 3 is 2.90 bits per heavy atom. The molecule has 5 nitrogen and oxygen atoms in total. The first-order chi connectivity index (χ1) is 9.49. The Bertz CT molecular complexity index is 659. The molecule has 0 radical (unpaired) electrons. The zero-order chi connectivity index (χ0) is 14.7. The number of nitrogens with zero attached hydrogens (tertiary/aromatic N) is 1. The topological polar surface area (TPSA) is 88.2 Å². The van der Waals surface area contributed by atoms with Gasteiger partial charge in [-0.2, -0.15) is 0 Å². The maximum atomic E-state index is 13.7. The van der Waals surface area contributed by atoms with Gasteiger partial charge < -0.3 is 16.2 Å². The molecule has 0 aliphatic heterocycles. The lowest BCUT2D eigenvalue weighted by Crippen LogP contribution is -2.08. The van der Waals surface area contributed by atoms with Gasteiger partial charge in [0.1, 0.15) is 5.82 Å². The number of halogens is 1. The van der Waals surface area contributed by atoms with Crippen molar-refractivity contribution in [2.24, 2.45) is 0 Å². The number of aromatic nitrogens is 1. The quantitative estimate of drug-likeness (QED) is 0.746. The maximum Gasteiger partial charge on any atom is 0.337 e. The number of hydrogen-bond donors (Lipinski definition) is 3. The Hall–Kier alpha value is -2.63. The normalized spacial score (nSPS) is 10.3. The van der Waals surface area contributed by atoms with Crippen molar-refractivity contribution in [1.29, 1.82) is 0 Å². The van der Waals surface area contributed by atoms with Gasteiger partial charge in [0.05, 0.1) is 11.3 Å². The van der Waals surface area contributed by atoms with Crippen LogP contribution in [0.2, 0.25) is 0 Å². The Balaban J connectivity index is 2.24. The van der Waals surface area contributed by atoms with Crippen LogP contribution in [0, 0.1) is 12.7 Å². The number of nitrogen functional groups attached to an aromatic ring is 1. The molecular weight excluding hydrogens is 261 g/mol. The molecule has 0 saturated heterocycles. The number of pyridine rings is 1. The first kappa shape index (κ1) is 13.8. The molecule has 4 N–H and O–H groups in total. The van der Waals surface area contributed by atoms with E-state index in [4.69, 9.17) is 10.8 Å². The van der Waals surface area contributed by atoms with Crippen LogP contribution in [0.5, 0.6) is 0 Å². The van der Waals surface area contributed by atoms with Gasteiger partial charge in [0.2, 0.25) is 0 Å². The molecule has 0 aliphatic carbocycles. The van der Waals surface area contributed by atoms with E-state index in [2.05, 4.69) is 10.3 Å². The van der Waals surface area contributed by atoms with Crippen molar-refractivity contribution >= 4 is 17.3 Å². The smallest absolute Gasteiger partial charge is 0.337 e. The highest BCUT2D eigenvalue weighted by Crippen LogP contribution is 2.23. The van der Waals surface area contributed by atoms with Crippen molar-refractivity contribution < 1.29 is 14.3 Å². The number of aromatic carboxylic acids is 1.